The number of benzene rings is 2. The summed E-state index contributed by atoms with van der Waals surface area (Å²) in [5.74, 6) is 1.87. The van der Waals surface area contributed by atoms with Crippen molar-refractivity contribution in [2.45, 2.75) is 51.3 Å². The van der Waals surface area contributed by atoms with Crippen LogP contribution >= 0.6 is 0 Å². The first-order valence-corrected chi connectivity index (χ1v) is 12.4. The van der Waals surface area contributed by atoms with E-state index in [1.807, 2.05) is 25.4 Å². The second kappa shape index (κ2) is 12.2. The molecule has 4 rings (SSSR count). The Balaban J connectivity index is 1.26. The molecule has 0 aliphatic carbocycles. The summed E-state index contributed by atoms with van der Waals surface area (Å²) in [6.07, 6.45) is 7.48. The van der Waals surface area contributed by atoms with E-state index in [4.69, 9.17) is 14.2 Å². The summed E-state index contributed by atoms with van der Waals surface area (Å²) in [5, 5.41) is 0. The molecule has 3 aromatic rings. The van der Waals surface area contributed by atoms with Crippen LogP contribution in [0.1, 0.15) is 37.1 Å². The van der Waals surface area contributed by atoms with E-state index in [0.29, 0.717) is 13.2 Å². The standard InChI is InChI=1S/C28H36FN3O3/c1-23-30-14-18-32(23)16-7-19-34-25-9-5-8-24(20-25)21-31-15-6-12-28(33-2,13-17-31)22-35-27-11-4-3-10-26(27)29/h3-5,8-11,14,18,20H,6-7,12-13,15-17,19,21-22H2,1-2H3/t28-/m1/s1. The molecule has 1 aliphatic heterocycles. The van der Waals surface area contributed by atoms with E-state index in [2.05, 4.69) is 32.7 Å². The van der Waals surface area contributed by atoms with Gasteiger partial charge in [0.25, 0.3) is 0 Å². The molecule has 1 saturated heterocycles. The molecule has 1 fully saturated rings. The zero-order valence-corrected chi connectivity index (χ0v) is 20.8. The minimum absolute atomic E-state index is 0.280. The maximum atomic E-state index is 14.0. The number of para-hydroxylation sites is 1. The first-order chi connectivity index (χ1) is 17.1. The smallest absolute Gasteiger partial charge is 0.165 e. The Bertz CT molecular complexity index is 1070. The largest absolute Gasteiger partial charge is 0.494 e. The lowest BCUT2D eigenvalue weighted by Crippen LogP contribution is -2.39. The van der Waals surface area contributed by atoms with Gasteiger partial charge in [0.1, 0.15) is 23.8 Å². The van der Waals surface area contributed by atoms with Gasteiger partial charge in [-0.1, -0.05) is 24.3 Å². The van der Waals surface area contributed by atoms with Gasteiger partial charge < -0.3 is 18.8 Å². The molecule has 7 heteroatoms. The van der Waals surface area contributed by atoms with E-state index in [1.54, 1.807) is 25.3 Å². The molecule has 0 N–H and O–H groups in total. The molecule has 1 aromatic heterocycles. The number of rotatable bonds is 11. The summed E-state index contributed by atoms with van der Waals surface area (Å²) >= 11 is 0. The first kappa shape index (κ1) is 25.2. The molecule has 188 valence electrons. The minimum atomic E-state index is -0.407. The average Bonchev–Trinajstić information content (AvgIpc) is 3.17. The molecule has 0 radical (unpaired) electrons. The molecule has 0 saturated carbocycles. The number of ether oxygens (including phenoxy) is 3. The molecule has 2 heterocycles. The first-order valence-electron chi connectivity index (χ1n) is 12.4. The van der Waals surface area contributed by atoms with Crippen molar-refractivity contribution in [3.05, 3.63) is 78.1 Å². The van der Waals surface area contributed by atoms with Crippen LogP contribution in [0.15, 0.2) is 60.9 Å². The van der Waals surface area contributed by atoms with Gasteiger partial charge >= 0.3 is 0 Å². The number of halogens is 1. The monoisotopic (exact) mass is 481 g/mol. The van der Waals surface area contributed by atoms with E-state index in [9.17, 15) is 4.39 Å². The Morgan fingerprint density at radius 1 is 1.06 bits per heavy atom. The maximum absolute atomic E-state index is 14.0. The molecule has 1 atom stereocenters. The predicted molar refractivity (Wildman–Crippen MR) is 134 cm³/mol. The van der Waals surface area contributed by atoms with E-state index in [0.717, 1.165) is 63.4 Å². The van der Waals surface area contributed by atoms with Gasteiger partial charge in [-0.25, -0.2) is 9.37 Å². The fraction of sp³-hybridized carbons (Fsp3) is 0.464. The van der Waals surface area contributed by atoms with Gasteiger partial charge in [-0.05, 0) is 69.0 Å². The summed E-state index contributed by atoms with van der Waals surface area (Å²) < 4.78 is 33.9. The number of aromatic nitrogens is 2. The van der Waals surface area contributed by atoms with E-state index >= 15 is 0 Å². The van der Waals surface area contributed by atoms with Crippen molar-refractivity contribution < 1.29 is 18.6 Å². The summed E-state index contributed by atoms with van der Waals surface area (Å²) in [6, 6.07) is 14.9. The summed E-state index contributed by atoms with van der Waals surface area (Å²) in [4.78, 5) is 6.71. The van der Waals surface area contributed by atoms with Crippen molar-refractivity contribution in [3.63, 3.8) is 0 Å². The van der Waals surface area contributed by atoms with Gasteiger partial charge in [-0.15, -0.1) is 0 Å². The number of hydrogen-bond donors (Lipinski definition) is 0. The van der Waals surface area contributed by atoms with Crippen molar-refractivity contribution in [1.29, 1.82) is 0 Å². The molecule has 0 amide bonds. The number of hydrogen-bond acceptors (Lipinski definition) is 5. The van der Waals surface area contributed by atoms with Gasteiger partial charge in [-0.2, -0.15) is 0 Å². The Labute approximate surface area is 207 Å². The Morgan fingerprint density at radius 2 is 1.94 bits per heavy atom. The lowest BCUT2D eigenvalue weighted by molar-refractivity contribution is -0.0548. The highest BCUT2D eigenvalue weighted by Crippen LogP contribution is 2.29. The number of nitrogens with zero attached hydrogens (tertiary/aromatic N) is 3. The number of likely N-dealkylation sites (tertiary alicyclic amines) is 1. The van der Waals surface area contributed by atoms with E-state index in [1.165, 1.54) is 11.6 Å². The van der Waals surface area contributed by atoms with Crippen molar-refractivity contribution in [1.82, 2.24) is 14.5 Å². The van der Waals surface area contributed by atoms with Crippen molar-refractivity contribution in [2.75, 3.05) is 33.4 Å². The van der Waals surface area contributed by atoms with Crippen LogP contribution in [-0.2, 0) is 17.8 Å². The third-order valence-electron chi connectivity index (χ3n) is 6.79. The third-order valence-corrected chi connectivity index (χ3v) is 6.79. The highest BCUT2D eigenvalue weighted by Gasteiger charge is 2.34. The van der Waals surface area contributed by atoms with Crippen LogP contribution in [0.2, 0.25) is 0 Å². The van der Waals surface area contributed by atoms with Gasteiger partial charge in [0.05, 0.1) is 6.61 Å². The maximum Gasteiger partial charge on any atom is 0.165 e. The molecular formula is C28H36FN3O3. The zero-order valence-electron chi connectivity index (χ0n) is 20.8. The Kier molecular flexibility index (Phi) is 8.77. The minimum Gasteiger partial charge on any atom is -0.494 e. The molecule has 1 aliphatic rings. The lowest BCUT2D eigenvalue weighted by Gasteiger charge is -2.31. The summed E-state index contributed by atoms with van der Waals surface area (Å²) in [7, 11) is 1.73. The fourth-order valence-corrected chi connectivity index (χ4v) is 4.62. The van der Waals surface area contributed by atoms with Crippen LogP contribution in [-0.4, -0.2) is 53.5 Å². The summed E-state index contributed by atoms with van der Waals surface area (Å²) in [6.45, 7) is 6.67. The van der Waals surface area contributed by atoms with Crippen LogP contribution in [0.5, 0.6) is 11.5 Å². The molecule has 2 aromatic carbocycles. The van der Waals surface area contributed by atoms with Crippen LogP contribution < -0.4 is 9.47 Å². The van der Waals surface area contributed by atoms with Gasteiger partial charge in [0, 0.05) is 39.1 Å². The van der Waals surface area contributed by atoms with Crippen molar-refractivity contribution in [2.24, 2.45) is 0 Å². The van der Waals surface area contributed by atoms with Crippen molar-refractivity contribution in [3.8, 4) is 11.5 Å². The summed E-state index contributed by atoms with van der Waals surface area (Å²) in [5.41, 5.74) is 0.829. The number of aryl methyl sites for hydroxylation is 2. The quantitative estimate of drug-likeness (QED) is 0.350. The normalized spacial score (nSPS) is 18.8. The number of imidazole rings is 1. The Morgan fingerprint density at radius 3 is 2.74 bits per heavy atom. The molecule has 6 nitrogen and oxygen atoms in total. The lowest BCUT2D eigenvalue weighted by atomic mass is 9.95. The average molecular weight is 482 g/mol. The topological polar surface area (TPSA) is 48.8 Å². The zero-order chi connectivity index (χ0) is 24.5. The van der Waals surface area contributed by atoms with Gasteiger partial charge in [0.15, 0.2) is 11.6 Å². The number of methoxy groups -OCH3 is 1. The van der Waals surface area contributed by atoms with E-state index < -0.39 is 5.60 Å². The SMILES string of the molecule is CO[C@]1(COc2ccccc2F)CCCN(Cc2cccc(OCCCn3ccnc3C)c2)CC1. The van der Waals surface area contributed by atoms with Crippen molar-refractivity contribution >= 4 is 0 Å². The van der Waals surface area contributed by atoms with Gasteiger partial charge in [0.2, 0.25) is 0 Å². The molecule has 0 bridgehead atoms. The Hall–Kier alpha value is -2.90. The molecule has 0 unspecified atom stereocenters. The van der Waals surface area contributed by atoms with Crippen LogP contribution in [0, 0.1) is 12.7 Å². The van der Waals surface area contributed by atoms with E-state index in [-0.39, 0.29) is 11.6 Å². The highest BCUT2D eigenvalue weighted by atomic mass is 19.1. The van der Waals surface area contributed by atoms with Crippen LogP contribution in [0.4, 0.5) is 4.39 Å². The van der Waals surface area contributed by atoms with Crippen LogP contribution in [0.3, 0.4) is 0 Å². The second-order valence-electron chi connectivity index (χ2n) is 9.25. The molecular weight excluding hydrogens is 445 g/mol. The predicted octanol–water partition coefficient (Wildman–Crippen LogP) is 5.25. The highest BCUT2D eigenvalue weighted by molar-refractivity contribution is 5.28. The van der Waals surface area contributed by atoms with Gasteiger partial charge in [-0.3, -0.25) is 4.90 Å². The molecule has 0 spiro atoms. The third kappa shape index (κ3) is 7.05. The van der Waals surface area contributed by atoms with Crippen LogP contribution in [0.25, 0.3) is 0 Å². The molecule has 35 heavy (non-hydrogen) atoms. The second-order valence-corrected chi connectivity index (χ2v) is 9.25. The fourth-order valence-electron chi connectivity index (χ4n) is 4.62.